The molecule has 1 heterocycles. The first-order chi connectivity index (χ1) is 8.63. The second kappa shape index (κ2) is 5.27. The minimum atomic E-state index is -0.390. The Labute approximate surface area is 106 Å². The molecule has 3 N–H and O–H groups in total. The number of hydrogen-bond donors (Lipinski definition) is 1. The summed E-state index contributed by atoms with van der Waals surface area (Å²) in [4.78, 5) is 11.1. The summed E-state index contributed by atoms with van der Waals surface area (Å²) in [5, 5.41) is 0. The molecule has 98 valence electrons. The number of fused-ring (bicyclic) bond motifs is 1. The van der Waals surface area contributed by atoms with Crippen molar-refractivity contribution in [2.45, 2.75) is 19.8 Å². The maximum atomic E-state index is 11.1. The number of rotatable bonds is 3. The van der Waals surface area contributed by atoms with Crippen molar-refractivity contribution in [2.75, 3.05) is 20.3 Å². The molecule has 0 aliphatic carbocycles. The number of quaternary nitrogens is 1. The average Bonchev–Trinajstić information content (AvgIpc) is 2.38. The summed E-state index contributed by atoms with van der Waals surface area (Å²) in [6, 6.07) is 1.91. The van der Waals surface area contributed by atoms with Gasteiger partial charge in [-0.25, -0.2) is 4.79 Å². The van der Waals surface area contributed by atoms with Crippen LogP contribution in [0, 0.1) is 6.92 Å². The predicted molar refractivity (Wildman–Crippen MR) is 65.1 cm³/mol. The maximum Gasteiger partial charge on any atom is 0.343 e. The Kier molecular flexibility index (Phi) is 3.72. The molecule has 1 aliphatic rings. The predicted octanol–water partition coefficient (Wildman–Crippen LogP) is 0.745. The molecule has 0 amide bonds. The Balaban J connectivity index is 2.31. The lowest BCUT2D eigenvalue weighted by Gasteiger charge is -2.21. The van der Waals surface area contributed by atoms with Gasteiger partial charge >= 0.3 is 5.97 Å². The number of hydrogen-bond acceptors (Lipinski definition) is 4. The van der Waals surface area contributed by atoms with Crippen LogP contribution >= 0.6 is 0 Å². The van der Waals surface area contributed by atoms with E-state index in [1.54, 1.807) is 0 Å². The summed E-state index contributed by atoms with van der Waals surface area (Å²) in [5.41, 5.74) is 6.82. The highest BCUT2D eigenvalue weighted by Gasteiger charge is 2.23. The third kappa shape index (κ3) is 2.41. The van der Waals surface area contributed by atoms with Crippen LogP contribution < -0.4 is 15.2 Å². The Morgan fingerprint density at radius 1 is 1.56 bits per heavy atom. The molecule has 1 aromatic carbocycles. The molecule has 0 saturated heterocycles. The number of aryl methyl sites for hydroxylation is 1. The number of benzene rings is 1. The number of methoxy groups -OCH3 is 1. The largest absolute Gasteiger partial charge is 0.487 e. The lowest BCUT2D eigenvalue weighted by atomic mass is 10.0. The number of ether oxygens (including phenoxy) is 3. The molecule has 0 unspecified atom stereocenters. The van der Waals surface area contributed by atoms with E-state index >= 15 is 0 Å². The van der Waals surface area contributed by atoms with E-state index < -0.39 is 5.97 Å². The zero-order chi connectivity index (χ0) is 13.1. The quantitative estimate of drug-likeness (QED) is 0.805. The zero-order valence-electron chi connectivity index (χ0n) is 10.7. The second-order valence-corrected chi connectivity index (χ2v) is 4.31. The molecule has 0 spiro atoms. The van der Waals surface area contributed by atoms with Gasteiger partial charge in [-0.2, -0.15) is 0 Å². The fourth-order valence-corrected chi connectivity index (χ4v) is 2.15. The summed E-state index contributed by atoms with van der Waals surface area (Å²) >= 11 is 0. The third-order valence-corrected chi connectivity index (χ3v) is 2.97. The van der Waals surface area contributed by atoms with Crippen LogP contribution in [0.3, 0.4) is 0 Å². The standard InChI is InChI=1S/C13H17NO4/c1-8-6-10(14)13-9(4-3-5-17-13)12(8)18-7-11(15)16-2/h6H,3-5,7,14H2,1-2H3/p+1. The number of carbonyl (C=O) groups is 1. The molecule has 18 heavy (non-hydrogen) atoms. The molecular formula is C13H18NO4+. The molecule has 0 radical (unpaired) electrons. The number of esters is 1. The zero-order valence-corrected chi connectivity index (χ0v) is 10.7. The van der Waals surface area contributed by atoms with Crippen LogP contribution in [0.1, 0.15) is 17.5 Å². The molecule has 1 aliphatic heterocycles. The molecule has 0 fully saturated rings. The monoisotopic (exact) mass is 252 g/mol. The molecular weight excluding hydrogens is 234 g/mol. The molecule has 0 aromatic heterocycles. The Hall–Kier alpha value is -1.75. The van der Waals surface area contributed by atoms with Crippen LogP contribution in [-0.4, -0.2) is 26.3 Å². The third-order valence-electron chi connectivity index (χ3n) is 2.97. The molecule has 5 nitrogen and oxygen atoms in total. The van der Waals surface area contributed by atoms with Gasteiger partial charge in [-0.3, -0.25) is 0 Å². The minimum Gasteiger partial charge on any atom is -0.487 e. The van der Waals surface area contributed by atoms with Crippen LogP contribution in [0.4, 0.5) is 5.69 Å². The van der Waals surface area contributed by atoms with E-state index in [9.17, 15) is 4.79 Å². The van der Waals surface area contributed by atoms with E-state index in [1.807, 2.05) is 13.0 Å². The van der Waals surface area contributed by atoms with E-state index in [0.29, 0.717) is 6.61 Å². The fraction of sp³-hybridized carbons (Fsp3) is 0.462. The van der Waals surface area contributed by atoms with Crippen LogP contribution in [0.5, 0.6) is 11.5 Å². The van der Waals surface area contributed by atoms with Crippen LogP contribution in [0.2, 0.25) is 0 Å². The summed E-state index contributed by atoms with van der Waals surface area (Å²) in [7, 11) is 1.34. The van der Waals surface area contributed by atoms with Crippen molar-refractivity contribution < 1.29 is 24.7 Å². The maximum absolute atomic E-state index is 11.1. The van der Waals surface area contributed by atoms with Gasteiger partial charge in [0.05, 0.1) is 13.7 Å². The van der Waals surface area contributed by atoms with Gasteiger partial charge in [0.15, 0.2) is 18.0 Å². The summed E-state index contributed by atoms with van der Waals surface area (Å²) in [6.07, 6.45) is 1.83. The van der Waals surface area contributed by atoms with Gasteiger partial charge in [0.2, 0.25) is 0 Å². The highest BCUT2D eigenvalue weighted by Crippen LogP contribution is 2.39. The lowest BCUT2D eigenvalue weighted by Crippen LogP contribution is -2.41. The molecule has 0 atom stereocenters. The van der Waals surface area contributed by atoms with Gasteiger partial charge in [0, 0.05) is 11.6 Å². The van der Waals surface area contributed by atoms with Crippen molar-refractivity contribution in [3.63, 3.8) is 0 Å². The van der Waals surface area contributed by atoms with E-state index in [0.717, 1.165) is 41.2 Å². The lowest BCUT2D eigenvalue weighted by molar-refractivity contribution is -0.256. The topological polar surface area (TPSA) is 72.4 Å². The minimum absolute atomic E-state index is 0.0831. The van der Waals surface area contributed by atoms with E-state index in [1.165, 1.54) is 7.11 Å². The van der Waals surface area contributed by atoms with Crippen LogP contribution in [-0.2, 0) is 16.0 Å². The van der Waals surface area contributed by atoms with Crippen LogP contribution in [0.15, 0.2) is 6.07 Å². The molecule has 1 aromatic rings. The first-order valence-electron chi connectivity index (χ1n) is 5.94. The van der Waals surface area contributed by atoms with Crippen LogP contribution in [0.25, 0.3) is 0 Å². The highest BCUT2D eigenvalue weighted by atomic mass is 16.6. The van der Waals surface area contributed by atoms with Crippen molar-refractivity contribution in [3.05, 3.63) is 17.2 Å². The van der Waals surface area contributed by atoms with Gasteiger partial charge in [-0.05, 0) is 25.3 Å². The Morgan fingerprint density at radius 2 is 2.33 bits per heavy atom. The number of carbonyl (C=O) groups excluding carboxylic acids is 1. The average molecular weight is 252 g/mol. The Bertz CT molecular complexity index is 471. The summed E-state index contributed by atoms with van der Waals surface area (Å²) in [5.74, 6) is 1.13. The van der Waals surface area contributed by atoms with Gasteiger partial charge in [0.1, 0.15) is 5.75 Å². The van der Waals surface area contributed by atoms with E-state index in [2.05, 4.69) is 10.5 Å². The van der Waals surface area contributed by atoms with Crippen molar-refractivity contribution in [1.29, 1.82) is 0 Å². The van der Waals surface area contributed by atoms with Crippen molar-refractivity contribution in [2.24, 2.45) is 0 Å². The SMILES string of the molecule is COC(=O)COc1c(C)cc([NH3+])c2c1CCCO2. The van der Waals surface area contributed by atoms with Crippen molar-refractivity contribution in [3.8, 4) is 11.5 Å². The Morgan fingerprint density at radius 3 is 3.06 bits per heavy atom. The van der Waals surface area contributed by atoms with Gasteiger partial charge in [0.25, 0.3) is 0 Å². The van der Waals surface area contributed by atoms with Gasteiger partial charge in [-0.1, -0.05) is 0 Å². The van der Waals surface area contributed by atoms with E-state index in [-0.39, 0.29) is 6.61 Å². The molecule has 5 heteroatoms. The smallest absolute Gasteiger partial charge is 0.343 e. The first kappa shape index (κ1) is 12.7. The van der Waals surface area contributed by atoms with Crippen molar-refractivity contribution in [1.82, 2.24) is 0 Å². The summed E-state index contributed by atoms with van der Waals surface area (Å²) in [6.45, 7) is 2.56. The highest BCUT2D eigenvalue weighted by molar-refractivity contribution is 5.71. The molecule has 2 rings (SSSR count). The second-order valence-electron chi connectivity index (χ2n) is 4.31. The summed E-state index contributed by atoms with van der Waals surface area (Å²) < 4.78 is 15.8. The van der Waals surface area contributed by atoms with Crippen molar-refractivity contribution >= 4 is 11.7 Å². The van der Waals surface area contributed by atoms with Gasteiger partial charge in [-0.15, -0.1) is 0 Å². The molecule has 0 saturated carbocycles. The first-order valence-corrected chi connectivity index (χ1v) is 5.94. The fourth-order valence-electron chi connectivity index (χ4n) is 2.15. The normalized spacial score (nSPS) is 13.5. The van der Waals surface area contributed by atoms with E-state index in [4.69, 9.17) is 9.47 Å². The molecule has 0 bridgehead atoms. The van der Waals surface area contributed by atoms with Gasteiger partial charge < -0.3 is 19.9 Å².